The van der Waals surface area contributed by atoms with Crippen LogP contribution < -0.4 is 5.32 Å². The summed E-state index contributed by atoms with van der Waals surface area (Å²) in [6.45, 7) is -0.378. The molecule has 1 fully saturated rings. The summed E-state index contributed by atoms with van der Waals surface area (Å²) in [5, 5.41) is 12.0. The van der Waals surface area contributed by atoms with Gasteiger partial charge in [0.15, 0.2) is 0 Å². The summed E-state index contributed by atoms with van der Waals surface area (Å²) in [5.74, 6) is -2.06. The van der Waals surface area contributed by atoms with Crippen LogP contribution in [0, 0.1) is 3.57 Å². The number of carbonyl (C=O) groups excluding carboxylic acids is 2. The van der Waals surface area contributed by atoms with Crippen LogP contribution in [-0.2, 0) is 9.59 Å². The lowest BCUT2D eigenvalue weighted by Gasteiger charge is -2.32. The highest BCUT2D eigenvalue weighted by molar-refractivity contribution is 14.1. The summed E-state index contributed by atoms with van der Waals surface area (Å²) in [6, 6.07) is 3.62. The molecule has 1 aromatic rings. The molecular weight excluding hydrogens is 398 g/mol. The van der Waals surface area contributed by atoms with Gasteiger partial charge >= 0.3 is 5.97 Å². The first-order valence-electron chi connectivity index (χ1n) is 5.65. The van der Waals surface area contributed by atoms with Crippen molar-refractivity contribution in [3.05, 3.63) is 32.4 Å². The first kappa shape index (κ1) is 15.0. The molecule has 0 saturated carbocycles. The molecule has 0 radical (unpaired) electrons. The third-order valence-electron chi connectivity index (χ3n) is 2.90. The Labute approximate surface area is 133 Å². The van der Waals surface area contributed by atoms with Gasteiger partial charge in [0.2, 0.25) is 5.91 Å². The van der Waals surface area contributed by atoms with E-state index in [-0.39, 0.29) is 24.6 Å². The molecule has 1 aromatic carbocycles. The molecule has 1 aliphatic heterocycles. The molecule has 0 aliphatic carbocycles. The fraction of sp³-hybridized carbons (Fsp3) is 0.250. The minimum atomic E-state index is -1.16. The third-order valence-corrected chi connectivity index (χ3v) is 4.47. The quantitative estimate of drug-likeness (QED) is 0.714. The molecule has 0 spiro atoms. The van der Waals surface area contributed by atoms with Gasteiger partial charge in [0.25, 0.3) is 5.91 Å². The number of nitrogens with one attached hydrogen (secondary N) is 1. The topological polar surface area (TPSA) is 86.7 Å². The minimum absolute atomic E-state index is 0.0992. The summed E-state index contributed by atoms with van der Waals surface area (Å²) in [6.07, 6.45) is 0. The number of carboxylic acid groups (broad SMARTS) is 1. The van der Waals surface area contributed by atoms with E-state index in [4.69, 9.17) is 16.7 Å². The molecular formula is C12H10ClIN2O4. The van der Waals surface area contributed by atoms with Gasteiger partial charge < -0.3 is 15.3 Å². The van der Waals surface area contributed by atoms with Crippen molar-refractivity contribution in [2.45, 2.75) is 6.04 Å². The maximum atomic E-state index is 12.3. The molecule has 20 heavy (non-hydrogen) atoms. The lowest BCUT2D eigenvalue weighted by molar-refractivity contribution is -0.144. The number of piperazine rings is 1. The van der Waals surface area contributed by atoms with Gasteiger partial charge in [-0.25, -0.2) is 4.79 Å². The summed E-state index contributed by atoms with van der Waals surface area (Å²) < 4.78 is 0.784. The molecule has 1 atom stereocenters. The highest BCUT2D eigenvalue weighted by atomic mass is 127. The third kappa shape index (κ3) is 3.04. The van der Waals surface area contributed by atoms with Crippen LogP contribution in [0.1, 0.15) is 10.4 Å². The Hall–Kier alpha value is -1.35. The summed E-state index contributed by atoms with van der Waals surface area (Å²) in [4.78, 5) is 35.9. The number of amides is 2. The Morgan fingerprint density at radius 1 is 1.45 bits per heavy atom. The lowest BCUT2D eigenvalue weighted by Crippen LogP contribution is -2.59. The smallest absolute Gasteiger partial charge is 0.328 e. The van der Waals surface area contributed by atoms with Gasteiger partial charge in [0, 0.05) is 15.7 Å². The van der Waals surface area contributed by atoms with Crippen molar-refractivity contribution >= 4 is 52.0 Å². The average molecular weight is 409 g/mol. The standard InChI is InChI=1S/C12H10ClIN2O4/c13-7-3-6(1-2-8(7)14)11(18)16-5-10(17)15-4-9(16)12(19)20/h1-3,9H,4-5H2,(H,15,17)(H,19,20). The number of carbonyl (C=O) groups is 3. The van der Waals surface area contributed by atoms with Crippen molar-refractivity contribution in [3.63, 3.8) is 0 Å². The van der Waals surface area contributed by atoms with Gasteiger partial charge in [-0.15, -0.1) is 0 Å². The number of benzene rings is 1. The van der Waals surface area contributed by atoms with Gasteiger partial charge in [-0.3, -0.25) is 9.59 Å². The van der Waals surface area contributed by atoms with E-state index in [0.717, 1.165) is 8.47 Å². The molecule has 1 aliphatic rings. The second kappa shape index (κ2) is 5.96. The lowest BCUT2D eigenvalue weighted by atomic mass is 10.1. The van der Waals surface area contributed by atoms with Crippen molar-refractivity contribution in [2.24, 2.45) is 0 Å². The van der Waals surface area contributed by atoms with Gasteiger partial charge in [0.05, 0.1) is 5.02 Å². The van der Waals surface area contributed by atoms with Crippen molar-refractivity contribution in [3.8, 4) is 0 Å². The Balaban J connectivity index is 2.31. The van der Waals surface area contributed by atoms with E-state index in [1.807, 2.05) is 22.6 Å². The highest BCUT2D eigenvalue weighted by Crippen LogP contribution is 2.21. The highest BCUT2D eigenvalue weighted by Gasteiger charge is 2.35. The predicted octanol–water partition coefficient (Wildman–Crippen LogP) is 0.970. The van der Waals surface area contributed by atoms with E-state index in [9.17, 15) is 14.4 Å². The molecule has 2 amide bonds. The minimum Gasteiger partial charge on any atom is -0.480 e. The Morgan fingerprint density at radius 2 is 2.15 bits per heavy atom. The summed E-state index contributed by atoms with van der Waals surface area (Å²) in [5.41, 5.74) is 0.261. The van der Waals surface area contributed by atoms with E-state index in [2.05, 4.69) is 5.32 Å². The van der Waals surface area contributed by atoms with E-state index in [1.54, 1.807) is 12.1 Å². The number of nitrogens with zero attached hydrogens (tertiary/aromatic N) is 1. The summed E-state index contributed by atoms with van der Waals surface area (Å²) in [7, 11) is 0. The zero-order chi connectivity index (χ0) is 14.9. The van der Waals surface area contributed by atoms with Crippen LogP contribution >= 0.6 is 34.2 Å². The number of hydrogen-bond donors (Lipinski definition) is 2. The van der Waals surface area contributed by atoms with Crippen LogP contribution in [-0.4, -0.2) is 46.9 Å². The Kier molecular flexibility index (Phi) is 4.48. The van der Waals surface area contributed by atoms with Crippen LogP contribution in [0.5, 0.6) is 0 Å². The zero-order valence-corrected chi connectivity index (χ0v) is 13.0. The first-order valence-corrected chi connectivity index (χ1v) is 7.11. The second-order valence-corrected chi connectivity index (χ2v) is 5.79. The van der Waals surface area contributed by atoms with E-state index in [1.165, 1.54) is 6.07 Å². The number of aliphatic carboxylic acids is 1. The number of hydrogen-bond acceptors (Lipinski definition) is 3. The monoisotopic (exact) mass is 408 g/mol. The van der Waals surface area contributed by atoms with Crippen molar-refractivity contribution < 1.29 is 19.5 Å². The zero-order valence-electron chi connectivity index (χ0n) is 10.1. The largest absolute Gasteiger partial charge is 0.480 e. The predicted molar refractivity (Wildman–Crippen MR) is 79.6 cm³/mol. The molecule has 8 heteroatoms. The maximum Gasteiger partial charge on any atom is 0.328 e. The van der Waals surface area contributed by atoms with Crippen LogP contribution in [0.3, 0.4) is 0 Å². The molecule has 0 bridgehead atoms. The first-order chi connectivity index (χ1) is 9.40. The van der Waals surface area contributed by atoms with Gasteiger partial charge in [0.1, 0.15) is 12.6 Å². The van der Waals surface area contributed by atoms with Crippen LogP contribution in [0.25, 0.3) is 0 Å². The van der Waals surface area contributed by atoms with Gasteiger partial charge in [-0.1, -0.05) is 11.6 Å². The van der Waals surface area contributed by atoms with E-state index < -0.39 is 17.9 Å². The molecule has 6 nitrogen and oxygen atoms in total. The normalized spacial score (nSPS) is 18.6. The second-order valence-electron chi connectivity index (χ2n) is 4.22. The van der Waals surface area contributed by atoms with Crippen LogP contribution in [0.2, 0.25) is 5.02 Å². The Morgan fingerprint density at radius 3 is 2.75 bits per heavy atom. The summed E-state index contributed by atoms with van der Waals surface area (Å²) >= 11 is 7.97. The number of rotatable bonds is 2. The Bertz CT molecular complexity index is 593. The van der Waals surface area contributed by atoms with Crippen molar-refractivity contribution in [1.29, 1.82) is 0 Å². The molecule has 1 unspecified atom stereocenters. The fourth-order valence-electron chi connectivity index (χ4n) is 1.87. The molecule has 1 saturated heterocycles. The number of halogens is 2. The number of carboxylic acids is 1. The SMILES string of the molecule is O=C1CN(C(=O)c2ccc(I)c(Cl)c2)C(C(=O)O)CN1. The molecule has 2 rings (SSSR count). The maximum absolute atomic E-state index is 12.3. The average Bonchev–Trinajstić information content (AvgIpc) is 2.40. The van der Waals surface area contributed by atoms with E-state index in [0.29, 0.717) is 5.02 Å². The van der Waals surface area contributed by atoms with Crippen LogP contribution in [0.15, 0.2) is 18.2 Å². The fourth-order valence-corrected chi connectivity index (χ4v) is 2.39. The van der Waals surface area contributed by atoms with Gasteiger partial charge in [-0.05, 0) is 40.8 Å². The molecule has 1 heterocycles. The van der Waals surface area contributed by atoms with E-state index >= 15 is 0 Å². The van der Waals surface area contributed by atoms with Crippen molar-refractivity contribution in [2.75, 3.05) is 13.1 Å². The molecule has 0 aromatic heterocycles. The van der Waals surface area contributed by atoms with Gasteiger partial charge in [-0.2, -0.15) is 0 Å². The van der Waals surface area contributed by atoms with Crippen molar-refractivity contribution in [1.82, 2.24) is 10.2 Å². The molecule has 106 valence electrons. The van der Waals surface area contributed by atoms with Crippen LogP contribution in [0.4, 0.5) is 0 Å². The molecule has 2 N–H and O–H groups in total.